The van der Waals surface area contributed by atoms with Crippen LogP contribution in [-0.2, 0) is 9.59 Å². The first-order chi connectivity index (χ1) is 11.9. The molecular weight excluding hydrogens is 363 g/mol. The summed E-state index contributed by atoms with van der Waals surface area (Å²) < 4.78 is 5.08. The SMILES string of the molecule is COc1ccc(NC(=O)C2(C(=O)Nc3ccc(Cl)c(Cl)c3)CC2)cc1. The largest absolute Gasteiger partial charge is 0.497 e. The summed E-state index contributed by atoms with van der Waals surface area (Å²) in [4.78, 5) is 25.1. The van der Waals surface area contributed by atoms with Gasteiger partial charge in [0.2, 0.25) is 11.8 Å². The van der Waals surface area contributed by atoms with Crippen molar-refractivity contribution in [2.24, 2.45) is 5.41 Å². The highest BCUT2D eigenvalue weighted by Gasteiger charge is 2.56. The average molecular weight is 379 g/mol. The zero-order chi connectivity index (χ0) is 18.0. The van der Waals surface area contributed by atoms with Crippen LogP contribution in [0.15, 0.2) is 42.5 Å². The standard InChI is InChI=1S/C18H16Cl2N2O3/c1-25-13-5-2-11(3-6-13)21-16(23)18(8-9-18)17(24)22-12-4-7-14(19)15(20)10-12/h2-7,10H,8-9H2,1H3,(H,21,23)(H,22,24). The number of hydrogen-bond donors (Lipinski definition) is 2. The summed E-state index contributed by atoms with van der Waals surface area (Å²) in [6.07, 6.45) is 1.00. The summed E-state index contributed by atoms with van der Waals surface area (Å²) in [6.45, 7) is 0. The Balaban J connectivity index is 1.68. The minimum absolute atomic E-state index is 0.324. The topological polar surface area (TPSA) is 67.4 Å². The third-order valence-electron chi connectivity index (χ3n) is 4.14. The first kappa shape index (κ1) is 17.6. The molecule has 7 heteroatoms. The molecular formula is C18H16Cl2N2O3. The van der Waals surface area contributed by atoms with E-state index in [1.165, 1.54) is 0 Å². The quantitative estimate of drug-likeness (QED) is 0.759. The number of amides is 2. The second-order valence-electron chi connectivity index (χ2n) is 5.85. The number of rotatable bonds is 5. The van der Waals surface area contributed by atoms with Gasteiger partial charge < -0.3 is 15.4 Å². The van der Waals surface area contributed by atoms with E-state index in [9.17, 15) is 9.59 Å². The Morgan fingerprint density at radius 2 is 1.48 bits per heavy atom. The first-order valence-corrected chi connectivity index (χ1v) is 8.42. The molecule has 0 atom stereocenters. The Morgan fingerprint density at radius 3 is 2.00 bits per heavy atom. The van der Waals surface area contributed by atoms with E-state index in [-0.39, 0.29) is 11.8 Å². The molecule has 0 unspecified atom stereocenters. The molecule has 2 amide bonds. The lowest BCUT2D eigenvalue weighted by atomic mass is 10.0. The van der Waals surface area contributed by atoms with E-state index in [0.717, 1.165) is 0 Å². The number of anilines is 2. The van der Waals surface area contributed by atoms with Crippen molar-refractivity contribution in [2.75, 3.05) is 17.7 Å². The highest BCUT2D eigenvalue weighted by molar-refractivity contribution is 6.42. The number of carbonyl (C=O) groups is 2. The highest BCUT2D eigenvalue weighted by Crippen LogP contribution is 2.47. The van der Waals surface area contributed by atoms with Crippen LogP contribution in [0.25, 0.3) is 0 Å². The zero-order valence-corrected chi connectivity index (χ0v) is 14.9. The minimum atomic E-state index is -1.05. The van der Waals surface area contributed by atoms with Gasteiger partial charge in [0.25, 0.3) is 0 Å². The molecule has 5 nitrogen and oxygen atoms in total. The molecule has 0 bridgehead atoms. The summed E-state index contributed by atoms with van der Waals surface area (Å²) in [5, 5.41) is 6.26. The van der Waals surface area contributed by atoms with Gasteiger partial charge in [0.1, 0.15) is 11.2 Å². The number of benzene rings is 2. The van der Waals surface area contributed by atoms with Crippen LogP contribution in [0.4, 0.5) is 11.4 Å². The Kier molecular flexibility index (Phi) is 4.88. The van der Waals surface area contributed by atoms with Crippen molar-refractivity contribution in [3.63, 3.8) is 0 Å². The molecule has 25 heavy (non-hydrogen) atoms. The van der Waals surface area contributed by atoms with Gasteiger partial charge in [0.05, 0.1) is 17.2 Å². The Bertz CT molecular complexity index is 818. The summed E-state index contributed by atoms with van der Waals surface area (Å²) in [6, 6.07) is 11.7. The van der Waals surface area contributed by atoms with Crippen LogP contribution in [0, 0.1) is 5.41 Å². The maximum Gasteiger partial charge on any atom is 0.240 e. The molecule has 1 aliphatic carbocycles. The lowest BCUT2D eigenvalue weighted by molar-refractivity contribution is -0.131. The van der Waals surface area contributed by atoms with Gasteiger partial charge in [-0.1, -0.05) is 23.2 Å². The second kappa shape index (κ2) is 6.94. The van der Waals surface area contributed by atoms with Gasteiger partial charge in [-0.15, -0.1) is 0 Å². The van der Waals surface area contributed by atoms with Crippen LogP contribution in [-0.4, -0.2) is 18.9 Å². The molecule has 0 aromatic heterocycles. The molecule has 1 fully saturated rings. The van der Waals surface area contributed by atoms with Crippen molar-refractivity contribution < 1.29 is 14.3 Å². The van der Waals surface area contributed by atoms with Crippen LogP contribution >= 0.6 is 23.2 Å². The number of halogens is 2. The number of hydrogen-bond acceptors (Lipinski definition) is 3. The number of methoxy groups -OCH3 is 1. The van der Waals surface area contributed by atoms with Crippen LogP contribution in [0.3, 0.4) is 0 Å². The summed E-state index contributed by atoms with van der Waals surface area (Å²) in [5.74, 6) is 0.0172. The average Bonchev–Trinajstić information content (AvgIpc) is 3.41. The molecule has 1 aliphatic rings. The number of ether oxygens (including phenoxy) is 1. The van der Waals surface area contributed by atoms with E-state index < -0.39 is 5.41 Å². The Morgan fingerprint density at radius 1 is 0.920 bits per heavy atom. The van der Waals surface area contributed by atoms with E-state index in [0.29, 0.717) is 40.0 Å². The Labute approximate surface area is 155 Å². The van der Waals surface area contributed by atoms with Crippen LogP contribution in [0.2, 0.25) is 10.0 Å². The molecule has 3 rings (SSSR count). The van der Waals surface area contributed by atoms with Gasteiger partial charge in [-0.3, -0.25) is 9.59 Å². The summed E-state index contributed by atoms with van der Waals surface area (Å²) in [7, 11) is 1.57. The van der Waals surface area contributed by atoms with Crippen LogP contribution in [0.5, 0.6) is 5.75 Å². The van der Waals surface area contributed by atoms with Gasteiger partial charge in [-0.05, 0) is 55.3 Å². The van der Waals surface area contributed by atoms with Crippen LogP contribution in [0.1, 0.15) is 12.8 Å². The van der Waals surface area contributed by atoms with Gasteiger partial charge in [-0.2, -0.15) is 0 Å². The molecule has 0 spiro atoms. The Hall–Kier alpha value is -2.24. The van der Waals surface area contributed by atoms with E-state index in [2.05, 4.69) is 10.6 Å². The molecule has 2 N–H and O–H groups in total. The van der Waals surface area contributed by atoms with Crippen LogP contribution < -0.4 is 15.4 Å². The number of nitrogens with one attached hydrogen (secondary N) is 2. The molecule has 2 aromatic rings. The molecule has 0 saturated heterocycles. The maximum atomic E-state index is 12.6. The van der Waals surface area contributed by atoms with Crippen molar-refractivity contribution in [1.29, 1.82) is 0 Å². The lowest BCUT2D eigenvalue weighted by Crippen LogP contribution is -2.35. The third-order valence-corrected chi connectivity index (χ3v) is 4.88. The monoisotopic (exact) mass is 378 g/mol. The van der Waals surface area contributed by atoms with Crippen molar-refractivity contribution in [2.45, 2.75) is 12.8 Å². The number of carbonyl (C=O) groups excluding carboxylic acids is 2. The normalized spacial score (nSPS) is 14.5. The summed E-state index contributed by atoms with van der Waals surface area (Å²) >= 11 is 11.8. The molecule has 0 radical (unpaired) electrons. The van der Waals surface area contributed by atoms with E-state index in [1.807, 2.05) is 0 Å². The fraction of sp³-hybridized carbons (Fsp3) is 0.222. The predicted molar refractivity (Wildman–Crippen MR) is 98.4 cm³/mol. The molecule has 2 aromatic carbocycles. The van der Waals surface area contributed by atoms with Crippen molar-refractivity contribution in [3.05, 3.63) is 52.5 Å². The molecule has 0 heterocycles. The van der Waals surface area contributed by atoms with E-state index in [4.69, 9.17) is 27.9 Å². The van der Waals surface area contributed by atoms with Gasteiger partial charge in [0.15, 0.2) is 0 Å². The molecule has 1 saturated carbocycles. The van der Waals surface area contributed by atoms with E-state index in [1.54, 1.807) is 49.6 Å². The third kappa shape index (κ3) is 3.72. The smallest absolute Gasteiger partial charge is 0.240 e. The van der Waals surface area contributed by atoms with Crippen molar-refractivity contribution >= 4 is 46.4 Å². The second-order valence-corrected chi connectivity index (χ2v) is 6.66. The van der Waals surface area contributed by atoms with Gasteiger partial charge in [-0.25, -0.2) is 0 Å². The lowest BCUT2D eigenvalue weighted by Gasteiger charge is -2.16. The van der Waals surface area contributed by atoms with Gasteiger partial charge >= 0.3 is 0 Å². The minimum Gasteiger partial charge on any atom is -0.497 e. The predicted octanol–water partition coefficient (Wildman–Crippen LogP) is 4.36. The van der Waals surface area contributed by atoms with Crippen molar-refractivity contribution in [1.82, 2.24) is 0 Å². The first-order valence-electron chi connectivity index (χ1n) is 7.67. The van der Waals surface area contributed by atoms with Gasteiger partial charge in [0, 0.05) is 11.4 Å². The molecule has 0 aliphatic heterocycles. The maximum absolute atomic E-state index is 12.6. The molecule has 130 valence electrons. The van der Waals surface area contributed by atoms with E-state index >= 15 is 0 Å². The highest BCUT2D eigenvalue weighted by atomic mass is 35.5. The fourth-order valence-corrected chi connectivity index (χ4v) is 2.73. The summed E-state index contributed by atoms with van der Waals surface area (Å²) in [5.41, 5.74) is 0.0637. The zero-order valence-electron chi connectivity index (χ0n) is 13.4. The van der Waals surface area contributed by atoms with Crippen molar-refractivity contribution in [3.8, 4) is 5.75 Å². The fourth-order valence-electron chi connectivity index (χ4n) is 2.43.